The smallest absolute Gasteiger partial charge is 0.238 e. The molecule has 0 heterocycles. The fourth-order valence-corrected chi connectivity index (χ4v) is 3.36. The second kappa shape index (κ2) is 7.57. The highest BCUT2D eigenvalue weighted by molar-refractivity contribution is 5.77. The van der Waals surface area contributed by atoms with Crippen molar-refractivity contribution in [3.8, 4) is 0 Å². The Morgan fingerprint density at radius 3 is 2.48 bits per heavy atom. The van der Waals surface area contributed by atoms with Crippen molar-refractivity contribution in [2.45, 2.75) is 51.6 Å². The van der Waals surface area contributed by atoms with Gasteiger partial charge in [0.25, 0.3) is 0 Å². The van der Waals surface area contributed by atoms with Crippen molar-refractivity contribution in [3.05, 3.63) is 35.4 Å². The highest BCUT2D eigenvalue weighted by atomic mass is 16.2. The monoisotopic (exact) mass is 289 g/mol. The van der Waals surface area contributed by atoms with E-state index in [0.29, 0.717) is 12.5 Å². The quantitative estimate of drug-likeness (QED) is 0.496. The molecule has 0 aliphatic heterocycles. The number of benzene rings is 1. The number of amides is 1. The first-order chi connectivity index (χ1) is 10.1. The number of rotatable bonds is 5. The van der Waals surface area contributed by atoms with Gasteiger partial charge in [-0.25, -0.2) is 5.84 Å². The van der Waals surface area contributed by atoms with Gasteiger partial charge in [-0.1, -0.05) is 44.0 Å². The summed E-state index contributed by atoms with van der Waals surface area (Å²) in [6.45, 7) is 3.34. The third kappa shape index (κ3) is 4.55. The van der Waals surface area contributed by atoms with Crippen molar-refractivity contribution in [2.75, 3.05) is 7.05 Å². The molecule has 4 heteroatoms. The number of nitrogens with zero attached hydrogens (tertiary/aromatic N) is 1. The average Bonchev–Trinajstić information content (AvgIpc) is 2.49. The summed E-state index contributed by atoms with van der Waals surface area (Å²) in [5, 5.41) is 0. The zero-order valence-electron chi connectivity index (χ0n) is 13.1. The summed E-state index contributed by atoms with van der Waals surface area (Å²) in [5.74, 6) is 5.74. The Morgan fingerprint density at radius 1 is 1.24 bits per heavy atom. The fourth-order valence-electron chi connectivity index (χ4n) is 3.36. The van der Waals surface area contributed by atoms with E-state index in [4.69, 9.17) is 5.84 Å². The van der Waals surface area contributed by atoms with Crippen LogP contribution in [0.25, 0.3) is 0 Å². The van der Waals surface area contributed by atoms with Crippen LogP contribution in [0.15, 0.2) is 24.3 Å². The highest BCUT2D eigenvalue weighted by Crippen LogP contribution is 2.28. The highest BCUT2D eigenvalue weighted by Gasteiger charge is 2.24. The third-order valence-electron chi connectivity index (χ3n) is 4.61. The maximum Gasteiger partial charge on any atom is 0.238 e. The lowest BCUT2D eigenvalue weighted by atomic mass is 9.85. The van der Waals surface area contributed by atoms with Crippen LogP contribution in [-0.2, 0) is 17.8 Å². The van der Waals surface area contributed by atoms with E-state index in [1.54, 1.807) is 0 Å². The molecule has 1 fully saturated rings. The molecule has 0 spiro atoms. The predicted molar refractivity (Wildman–Crippen MR) is 85.4 cm³/mol. The Balaban J connectivity index is 1.91. The first-order valence-electron chi connectivity index (χ1n) is 7.87. The largest absolute Gasteiger partial charge is 0.299 e. The molecule has 0 aromatic heterocycles. The maximum absolute atomic E-state index is 11.2. The topological polar surface area (TPSA) is 58.4 Å². The van der Waals surface area contributed by atoms with E-state index < -0.39 is 0 Å². The maximum atomic E-state index is 11.2. The zero-order chi connectivity index (χ0) is 15.2. The first-order valence-corrected chi connectivity index (χ1v) is 7.87. The summed E-state index contributed by atoms with van der Waals surface area (Å²) < 4.78 is 0. The molecule has 1 saturated carbocycles. The van der Waals surface area contributed by atoms with Gasteiger partial charge in [-0.05, 0) is 36.9 Å². The predicted octanol–water partition coefficient (Wildman–Crippen LogP) is 2.23. The van der Waals surface area contributed by atoms with Crippen molar-refractivity contribution in [1.82, 2.24) is 10.3 Å². The summed E-state index contributed by atoms with van der Waals surface area (Å²) in [6.07, 6.45) is 5.73. The van der Waals surface area contributed by atoms with Crippen LogP contribution in [0.3, 0.4) is 0 Å². The van der Waals surface area contributed by atoms with Crippen molar-refractivity contribution in [1.29, 1.82) is 0 Å². The van der Waals surface area contributed by atoms with Crippen molar-refractivity contribution in [2.24, 2.45) is 11.8 Å². The first kappa shape index (κ1) is 16.0. The molecule has 1 aliphatic carbocycles. The second-order valence-corrected chi connectivity index (χ2v) is 6.30. The molecule has 1 amide bonds. The molecule has 1 aromatic carbocycles. The van der Waals surface area contributed by atoms with Gasteiger partial charge in [0, 0.05) is 12.6 Å². The van der Waals surface area contributed by atoms with E-state index >= 15 is 0 Å². The molecule has 1 aliphatic rings. The Hall–Kier alpha value is -1.39. The standard InChI is InChI=1S/C17H27N3O/c1-13-5-3-4-6-16(13)20(2)12-15-9-7-14(8-10-15)11-17(21)19-18/h7-10,13,16H,3-6,11-12,18H2,1-2H3,(H,19,21). The van der Waals surface area contributed by atoms with Gasteiger partial charge in [0.15, 0.2) is 0 Å². The molecule has 21 heavy (non-hydrogen) atoms. The minimum absolute atomic E-state index is 0.157. The zero-order valence-corrected chi connectivity index (χ0v) is 13.1. The van der Waals surface area contributed by atoms with Gasteiger partial charge < -0.3 is 0 Å². The van der Waals surface area contributed by atoms with Gasteiger partial charge in [0.2, 0.25) is 5.91 Å². The van der Waals surface area contributed by atoms with Crippen LogP contribution in [0.5, 0.6) is 0 Å². The summed E-state index contributed by atoms with van der Waals surface area (Å²) in [4.78, 5) is 13.7. The number of carbonyl (C=O) groups excluding carboxylic acids is 1. The fraction of sp³-hybridized carbons (Fsp3) is 0.588. The molecule has 4 nitrogen and oxygen atoms in total. The van der Waals surface area contributed by atoms with Gasteiger partial charge in [0.1, 0.15) is 0 Å². The van der Waals surface area contributed by atoms with E-state index in [1.165, 1.54) is 31.2 Å². The summed E-state index contributed by atoms with van der Waals surface area (Å²) in [5.41, 5.74) is 4.46. The molecule has 0 saturated heterocycles. The number of nitrogens with one attached hydrogen (secondary N) is 1. The van der Waals surface area contributed by atoms with Crippen LogP contribution in [0.1, 0.15) is 43.7 Å². The van der Waals surface area contributed by atoms with E-state index in [9.17, 15) is 4.79 Å². The molecular weight excluding hydrogens is 262 g/mol. The molecule has 3 N–H and O–H groups in total. The lowest BCUT2D eigenvalue weighted by Crippen LogP contribution is -2.38. The third-order valence-corrected chi connectivity index (χ3v) is 4.61. The number of carbonyl (C=O) groups is 1. The van der Waals surface area contributed by atoms with Crippen LogP contribution in [0.4, 0.5) is 0 Å². The van der Waals surface area contributed by atoms with Crippen molar-refractivity contribution >= 4 is 5.91 Å². The molecule has 0 radical (unpaired) electrons. The van der Waals surface area contributed by atoms with E-state index in [2.05, 4.69) is 36.4 Å². The van der Waals surface area contributed by atoms with Crippen molar-refractivity contribution in [3.63, 3.8) is 0 Å². The number of hydrogen-bond acceptors (Lipinski definition) is 3. The Labute approximate surface area is 127 Å². The molecule has 2 rings (SSSR count). The van der Waals surface area contributed by atoms with Crippen LogP contribution < -0.4 is 11.3 Å². The average molecular weight is 289 g/mol. The summed E-state index contributed by atoms with van der Waals surface area (Å²) >= 11 is 0. The Morgan fingerprint density at radius 2 is 1.86 bits per heavy atom. The van der Waals surface area contributed by atoms with Crippen LogP contribution in [0.2, 0.25) is 0 Å². The van der Waals surface area contributed by atoms with Crippen LogP contribution >= 0.6 is 0 Å². The molecular formula is C17H27N3O. The lowest BCUT2D eigenvalue weighted by molar-refractivity contribution is -0.120. The molecule has 1 aromatic rings. The van der Waals surface area contributed by atoms with Gasteiger partial charge in [0.05, 0.1) is 6.42 Å². The van der Waals surface area contributed by atoms with E-state index in [1.807, 2.05) is 12.1 Å². The number of nitrogens with two attached hydrogens (primary N) is 1. The Bertz CT molecular complexity index is 458. The minimum Gasteiger partial charge on any atom is -0.299 e. The second-order valence-electron chi connectivity index (χ2n) is 6.30. The molecule has 2 atom stereocenters. The summed E-state index contributed by atoms with van der Waals surface area (Å²) in [6, 6.07) is 8.96. The molecule has 0 bridgehead atoms. The van der Waals surface area contributed by atoms with Crippen molar-refractivity contribution < 1.29 is 4.79 Å². The van der Waals surface area contributed by atoms with E-state index in [0.717, 1.165) is 18.0 Å². The molecule has 116 valence electrons. The van der Waals surface area contributed by atoms with Gasteiger partial charge in [-0.15, -0.1) is 0 Å². The number of hydrazine groups is 1. The minimum atomic E-state index is -0.157. The van der Waals surface area contributed by atoms with Crippen LogP contribution in [-0.4, -0.2) is 23.9 Å². The van der Waals surface area contributed by atoms with Crippen LogP contribution in [0, 0.1) is 5.92 Å². The lowest BCUT2D eigenvalue weighted by Gasteiger charge is -2.36. The normalized spacial score (nSPS) is 22.3. The SMILES string of the molecule is CC1CCCCC1N(C)Cc1ccc(CC(=O)NN)cc1. The number of hydrogen-bond donors (Lipinski definition) is 2. The van der Waals surface area contributed by atoms with Gasteiger partial charge >= 0.3 is 0 Å². The van der Waals surface area contributed by atoms with E-state index in [-0.39, 0.29) is 5.91 Å². The Kier molecular flexibility index (Phi) is 5.76. The summed E-state index contributed by atoms with van der Waals surface area (Å²) in [7, 11) is 2.22. The van der Waals surface area contributed by atoms with Gasteiger partial charge in [-0.2, -0.15) is 0 Å². The van der Waals surface area contributed by atoms with Gasteiger partial charge in [-0.3, -0.25) is 15.1 Å². The molecule has 2 unspecified atom stereocenters.